The molecule has 0 radical (unpaired) electrons. The van der Waals surface area contributed by atoms with Crippen molar-refractivity contribution in [3.05, 3.63) is 0 Å². The van der Waals surface area contributed by atoms with Gasteiger partial charge in [-0.25, -0.2) is 4.79 Å². The lowest BCUT2D eigenvalue weighted by molar-refractivity contribution is -0.142. The maximum absolute atomic E-state index is 12.7. The van der Waals surface area contributed by atoms with E-state index < -0.39 is 11.9 Å². The van der Waals surface area contributed by atoms with Crippen molar-refractivity contribution in [3.8, 4) is 0 Å². The molecule has 2 saturated heterocycles. The van der Waals surface area contributed by atoms with Crippen LogP contribution in [-0.2, 0) is 14.3 Å². The summed E-state index contributed by atoms with van der Waals surface area (Å²) in [6.45, 7) is 5.43. The zero-order valence-corrected chi connectivity index (χ0v) is 12.5. The average Bonchev–Trinajstić information content (AvgIpc) is 2.79. The molecule has 0 spiro atoms. The number of hydrogen-bond donors (Lipinski definition) is 1. The van der Waals surface area contributed by atoms with Crippen molar-refractivity contribution in [1.29, 1.82) is 0 Å². The Hall–Kier alpha value is -1.34. The first kappa shape index (κ1) is 16.0. The van der Waals surface area contributed by atoms with Crippen LogP contribution in [0.15, 0.2) is 0 Å². The van der Waals surface area contributed by atoms with Crippen LogP contribution in [0.3, 0.4) is 0 Å². The van der Waals surface area contributed by atoms with Gasteiger partial charge in [0.25, 0.3) is 0 Å². The zero-order valence-electron chi connectivity index (χ0n) is 12.5. The Bertz CT molecular complexity index is 368. The normalized spacial score (nSPS) is 26.4. The molecule has 2 rings (SSSR count). The SMILES string of the molecule is CCCN(C(=O)N1CCCOCC1)C1COCC1C(=O)O. The molecule has 0 bridgehead atoms. The van der Waals surface area contributed by atoms with E-state index in [1.807, 2.05) is 6.92 Å². The second kappa shape index (κ2) is 7.61. The van der Waals surface area contributed by atoms with Crippen molar-refractivity contribution < 1.29 is 24.2 Å². The third-order valence-corrected chi connectivity index (χ3v) is 3.97. The van der Waals surface area contributed by atoms with Crippen LogP contribution in [0.25, 0.3) is 0 Å². The van der Waals surface area contributed by atoms with Gasteiger partial charge in [-0.2, -0.15) is 0 Å². The largest absolute Gasteiger partial charge is 0.481 e. The van der Waals surface area contributed by atoms with Crippen molar-refractivity contribution in [2.75, 3.05) is 46.1 Å². The first-order valence-corrected chi connectivity index (χ1v) is 7.59. The number of hydrogen-bond acceptors (Lipinski definition) is 4. The molecule has 2 amide bonds. The highest BCUT2D eigenvalue weighted by Crippen LogP contribution is 2.22. The molecule has 120 valence electrons. The summed E-state index contributed by atoms with van der Waals surface area (Å²) < 4.78 is 10.7. The van der Waals surface area contributed by atoms with Gasteiger partial charge in [-0.15, -0.1) is 0 Å². The van der Waals surface area contributed by atoms with Crippen molar-refractivity contribution >= 4 is 12.0 Å². The van der Waals surface area contributed by atoms with Crippen LogP contribution in [0.4, 0.5) is 4.79 Å². The van der Waals surface area contributed by atoms with Gasteiger partial charge >= 0.3 is 12.0 Å². The van der Waals surface area contributed by atoms with Crippen molar-refractivity contribution in [1.82, 2.24) is 9.80 Å². The highest BCUT2D eigenvalue weighted by atomic mass is 16.5. The van der Waals surface area contributed by atoms with Crippen molar-refractivity contribution in [3.63, 3.8) is 0 Å². The fourth-order valence-electron chi connectivity index (χ4n) is 2.85. The van der Waals surface area contributed by atoms with Gasteiger partial charge in [0.05, 0.1) is 25.9 Å². The number of urea groups is 1. The van der Waals surface area contributed by atoms with Gasteiger partial charge in [0.1, 0.15) is 5.92 Å². The van der Waals surface area contributed by atoms with Crippen molar-refractivity contribution in [2.24, 2.45) is 5.92 Å². The number of carbonyl (C=O) groups is 2. The van der Waals surface area contributed by atoms with E-state index in [1.54, 1.807) is 9.80 Å². The van der Waals surface area contributed by atoms with E-state index in [9.17, 15) is 14.7 Å². The molecule has 2 aliphatic rings. The van der Waals surface area contributed by atoms with Gasteiger partial charge in [-0.3, -0.25) is 4.79 Å². The fourth-order valence-corrected chi connectivity index (χ4v) is 2.85. The number of rotatable bonds is 4. The smallest absolute Gasteiger partial charge is 0.320 e. The number of carbonyl (C=O) groups excluding carboxylic acids is 1. The van der Waals surface area contributed by atoms with E-state index in [2.05, 4.69) is 0 Å². The lowest BCUT2D eigenvalue weighted by Gasteiger charge is -2.34. The second-order valence-corrected chi connectivity index (χ2v) is 5.48. The molecule has 7 nitrogen and oxygen atoms in total. The number of carboxylic acids is 1. The molecule has 2 heterocycles. The molecule has 0 aliphatic carbocycles. The van der Waals surface area contributed by atoms with E-state index in [0.717, 1.165) is 12.8 Å². The summed E-state index contributed by atoms with van der Waals surface area (Å²) in [6.07, 6.45) is 1.61. The van der Waals surface area contributed by atoms with Gasteiger partial charge in [0, 0.05) is 26.2 Å². The highest BCUT2D eigenvalue weighted by molar-refractivity contribution is 5.77. The quantitative estimate of drug-likeness (QED) is 0.824. The summed E-state index contributed by atoms with van der Waals surface area (Å²) in [5, 5.41) is 9.29. The third-order valence-electron chi connectivity index (χ3n) is 3.97. The van der Waals surface area contributed by atoms with Crippen LogP contribution < -0.4 is 0 Å². The molecular formula is C14H24N2O5. The minimum absolute atomic E-state index is 0.0934. The van der Waals surface area contributed by atoms with Crippen molar-refractivity contribution in [2.45, 2.75) is 25.8 Å². The monoisotopic (exact) mass is 300 g/mol. The zero-order chi connectivity index (χ0) is 15.2. The summed E-state index contributed by atoms with van der Waals surface area (Å²) in [5.41, 5.74) is 0. The van der Waals surface area contributed by atoms with E-state index in [0.29, 0.717) is 39.5 Å². The van der Waals surface area contributed by atoms with Gasteiger partial charge in [-0.05, 0) is 12.8 Å². The molecule has 7 heteroatoms. The standard InChI is InChI=1S/C14H24N2O5/c1-2-4-16(12-10-21-9-11(12)13(17)18)14(19)15-5-3-7-20-8-6-15/h11-12H,2-10H2,1H3,(H,17,18). The topological polar surface area (TPSA) is 79.3 Å². The number of ether oxygens (including phenoxy) is 2. The van der Waals surface area contributed by atoms with E-state index in [1.165, 1.54) is 0 Å². The van der Waals surface area contributed by atoms with E-state index >= 15 is 0 Å². The van der Waals surface area contributed by atoms with E-state index in [4.69, 9.17) is 9.47 Å². The molecule has 2 aliphatic heterocycles. The number of nitrogens with zero attached hydrogens (tertiary/aromatic N) is 2. The van der Waals surface area contributed by atoms with Gasteiger partial charge in [0.2, 0.25) is 0 Å². The van der Waals surface area contributed by atoms with E-state index in [-0.39, 0.29) is 18.7 Å². The minimum atomic E-state index is -0.898. The molecule has 0 saturated carbocycles. The summed E-state index contributed by atoms with van der Waals surface area (Å²) in [7, 11) is 0. The third kappa shape index (κ3) is 3.85. The van der Waals surface area contributed by atoms with Crippen LogP contribution in [-0.4, -0.2) is 79.0 Å². The number of amides is 2. The summed E-state index contributed by atoms with van der Waals surface area (Å²) in [4.78, 5) is 27.5. The molecular weight excluding hydrogens is 276 g/mol. The van der Waals surface area contributed by atoms with Crippen LogP contribution in [0.5, 0.6) is 0 Å². The van der Waals surface area contributed by atoms with Gasteiger partial charge in [-0.1, -0.05) is 6.92 Å². The molecule has 2 atom stereocenters. The molecule has 1 N–H and O–H groups in total. The predicted octanol–water partition coefficient (Wildman–Crippen LogP) is 0.640. The highest BCUT2D eigenvalue weighted by Gasteiger charge is 2.40. The maximum Gasteiger partial charge on any atom is 0.320 e. The molecule has 0 aromatic rings. The molecule has 0 aromatic heterocycles. The Morgan fingerprint density at radius 1 is 1.24 bits per heavy atom. The first-order chi connectivity index (χ1) is 10.1. The number of carboxylic acid groups (broad SMARTS) is 1. The van der Waals surface area contributed by atoms with Crippen LogP contribution in [0.1, 0.15) is 19.8 Å². The number of aliphatic carboxylic acids is 1. The molecule has 21 heavy (non-hydrogen) atoms. The van der Waals surface area contributed by atoms with Crippen LogP contribution in [0.2, 0.25) is 0 Å². The predicted molar refractivity (Wildman–Crippen MR) is 75.1 cm³/mol. The van der Waals surface area contributed by atoms with Gasteiger partial charge < -0.3 is 24.4 Å². The Labute approximate surface area is 124 Å². The summed E-state index contributed by atoms with van der Waals surface area (Å²) in [6, 6.07) is -0.469. The summed E-state index contributed by atoms with van der Waals surface area (Å²) in [5.74, 6) is -1.53. The Morgan fingerprint density at radius 3 is 2.76 bits per heavy atom. The fraction of sp³-hybridized carbons (Fsp3) is 0.857. The average molecular weight is 300 g/mol. The first-order valence-electron chi connectivity index (χ1n) is 7.59. The lowest BCUT2D eigenvalue weighted by atomic mass is 10.0. The Kier molecular flexibility index (Phi) is 5.81. The van der Waals surface area contributed by atoms with Gasteiger partial charge in [0.15, 0.2) is 0 Å². The molecule has 0 aromatic carbocycles. The molecule has 2 fully saturated rings. The van der Waals surface area contributed by atoms with Crippen LogP contribution >= 0.6 is 0 Å². The second-order valence-electron chi connectivity index (χ2n) is 5.48. The Balaban J connectivity index is 2.09. The Morgan fingerprint density at radius 2 is 2.05 bits per heavy atom. The lowest BCUT2D eigenvalue weighted by Crippen LogP contribution is -2.52. The summed E-state index contributed by atoms with van der Waals surface area (Å²) >= 11 is 0. The molecule has 2 unspecified atom stereocenters. The minimum Gasteiger partial charge on any atom is -0.481 e. The van der Waals surface area contributed by atoms with Crippen LogP contribution in [0, 0.1) is 5.92 Å². The maximum atomic E-state index is 12.7.